The minimum Gasteiger partial charge on any atom is -0.455 e. The summed E-state index contributed by atoms with van der Waals surface area (Å²) in [5.41, 5.74) is 0.444. The summed E-state index contributed by atoms with van der Waals surface area (Å²) in [4.78, 5) is 10.3. The Morgan fingerprint density at radius 2 is 1.86 bits per heavy atom. The summed E-state index contributed by atoms with van der Waals surface area (Å²) in [6.07, 6.45) is 0. The lowest BCUT2D eigenvalue weighted by molar-refractivity contribution is -0.385. The van der Waals surface area contributed by atoms with E-state index in [9.17, 15) is 15.2 Å². The van der Waals surface area contributed by atoms with E-state index in [0.717, 1.165) is 0 Å². The summed E-state index contributed by atoms with van der Waals surface area (Å²) in [6, 6.07) is 7.52. The van der Waals surface area contributed by atoms with Gasteiger partial charge in [0.25, 0.3) is 5.69 Å². The molecule has 2 aromatic rings. The summed E-state index contributed by atoms with van der Waals surface area (Å²) in [7, 11) is 0. The third-order valence-corrected chi connectivity index (χ3v) is 4.01. The summed E-state index contributed by atoms with van der Waals surface area (Å²) in [6.45, 7) is -0.238. The van der Waals surface area contributed by atoms with Gasteiger partial charge in [0.2, 0.25) is 0 Å². The molecule has 2 rings (SSSR count). The number of hydrogen-bond donors (Lipinski definition) is 1. The molecule has 0 aliphatic carbocycles. The third kappa shape index (κ3) is 3.74. The molecule has 5 nitrogen and oxygen atoms in total. The molecule has 1 N–H and O–H groups in total. The fraction of sp³-hybridized carbons (Fsp3) is 0.0769. The van der Waals surface area contributed by atoms with Gasteiger partial charge in [-0.05, 0) is 50.1 Å². The predicted molar refractivity (Wildman–Crippen MR) is 85.9 cm³/mol. The molecule has 0 saturated heterocycles. The van der Waals surface area contributed by atoms with Crippen molar-refractivity contribution >= 4 is 49.1 Å². The molecule has 0 aromatic heterocycles. The molecule has 21 heavy (non-hydrogen) atoms. The topological polar surface area (TPSA) is 72.6 Å². The zero-order valence-electron chi connectivity index (χ0n) is 10.3. The van der Waals surface area contributed by atoms with Crippen LogP contribution in [-0.4, -0.2) is 10.0 Å². The van der Waals surface area contributed by atoms with Gasteiger partial charge in [-0.25, -0.2) is 0 Å². The minimum atomic E-state index is -0.499. The van der Waals surface area contributed by atoms with Gasteiger partial charge in [-0.3, -0.25) is 10.1 Å². The first-order valence-corrected chi connectivity index (χ1v) is 7.59. The van der Waals surface area contributed by atoms with Crippen LogP contribution in [0.2, 0.25) is 5.02 Å². The van der Waals surface area contributed by atoms with Gasteiger partial charge in [-0.1, -0.05) is 11.6 Å². The van der Waals surface area contributed by atoms with Crippen molar-refractivity contribution in [2.75, 3.05) is 0 Å². The molecule has 110 valence electrons. The largest absolute Gasteiger partial charge is 0.455 e. The molecule has 0 fully saturated rings. The number of rotatable bonds is 4. The summed E-state index contributed by atoms with van der Waals surface area (Å²) < 4.78 is 6.55. The number of halogens is 3. The van der Waals surface area contributed by atoms with Crippen LogP contribution in [0.15, 0.2) is 39.3 Å². The van der Waals surface area contributed by atoms with E-state index in [1.54, 1.807) is 18.2 Å². The molecule has 0 heterocycles. The maximum Gasteiger partial charge on any atom is 0.271 e. The normalized spacial score (nSPS) is 10.5. The predicted octanol–water partition coefficient (Wildman–Crippen LogP) is 5.06. The van der Waals surface area contributed by atoms with Crippen LogP contribution in [0.25, 0.3) is 0 Å². The highest BCUT2D eigenvalue weighted by Crippen LogP contribution is 2.40. The molecule has 0 aliphatic rings. The van der Waals surface area contributed by atoms with E-state index < -0.39 is 4.92 Å². The Kier molecular flexibility index (Phi) is 5.21. The van der Waals surface area contributed by atoms with Gasteiger partial charge in [0.15, 0.2) is 5.75 Å². The molecule has 0 atom stereocenters. The van der Waals surface area contributed by atoms with Crippen molar-refractivity contribution in [3.63, 3.8) is 0 Å². The Bertz CT molecular complexity index is 686. The van der Waals surface area contributed by atoms with Crippen LogP contribution in [0.1, 0.15) is 5.56 Å². The quantitative estimate of drug-likeness (QED) is 0.536. The second kappa shape index (κ2) is 6.74. The number of aliphatic hydroxyl groups excluding tert-OH is 1. The first-order chi connectivity index (χ1) is 9.92. The highest BCUT2D eigenvalue weighted by Gasteiger charge is 2.17. The average molecular weight is 437 g/mol. The van der Waals surface area contributed by atoms with Gasteiger partial charge in [0.05, 0.1) is 20.5 Å². The lowest BCUT2D eigenvalue weighted by Gasteiger charge is -2.13. The van der Waals surface area contributed by atoms with E-state index in [1.165, 1.54) is 12.1 Å². The zero-order chi connectivity index (χ0) is 15.6. The summed E-state index contributed by atoms with van der Waals surface area (Å²) >= 11 is 12.3. The van der Waals surface area contributed by atoms with E-state index in [2.05, 4.69) is 31.9 Å². The zero-order valence-corrected chi connectivity index (χ0v) is 14.3. The number of ether oxygens (including phenoxy) is 1. The lowest BCUT2D eigenvalue weighted by atomic mass is 10.2. The van der Waals surface area contributed by atoms with Crippen molar-refractivity contribution in [1.82, 2.24) is 0 Å². The van der Waals surface area contributed by atoms with Crippen LogP contribution < -0.4 is 4.74 Å². The van der Waals surface area contributed by atoms with Crippen molar-refractivity contribution in [2.45, 2.75) is 6.61 Å². The SMILES string of the molecule is O=[N+]([O-])c1cc(Br)c(Oc2ccc(Cl)cc2CO)c(Br)c1. The maximum atomic E-state index is 10.8. The van der Waals surface area contributed by atoms with E-state index in [-0.39, 0.29) is 12.3 Å². The maximum absolute atomic E-state index is 10.8. The molecular weight excluding hydrogens is 429 g/mol. The molecule has 8 heteroatoms. The standard InChI is InChI=1S/C13H8Br2ClNO4/c14-10-4-9(17(19)20)5-11(15)13(10)21-12-2-1-8(16)3-7(12)6-18/h1-5,18H,6H2. The lowest BCUT2D eigenvalue weighted by Crippen LogP contribution is -1.95. The molecule has 0 amide bonds. The van der Waals surface area contributed by atoms with Crippen molar-refractivity contribution in [2.24, 2.45) is 0 Å². The Morgan fingerprint density at radius 1 is 1.24 bits per heavy atom. The molecule has 0 radical (unpaired) electrons. The Hall–Kier alpha value is -1.15. The van der Waals surface area contributed by atoms with Crippen LogP contribution in [0.5, 0.6) is 11.5 Å². The highest BCUT2D eigenvalue weighted by molar-refractivity contribution is 9.11. The second-order valence-corrected chi connectivity index (χ2v) is 6.15. The first kappa shape index (κ1) is 16.2. The van der Waals surface area contributed by atoms with Crippen LogP contribution in [0.3, 0.4) is 0 Å². The molecule has 2 aromatic carbocycles. The van der Waals surface area contributed by atoms with Gasteiger partial charge in [-0.2, -0.15) is 0 Å². The molecule has 0 bridgehead atoms. The van der Waals surface area contributed by atoms with Gasteiger partial charge in [0, 0.05) is 22.7 Å². The Labute approximate surface area is 141 Å². The monoisotopic (exact) mass is 435 g/mol. The van der Waals surface area contributed by atoms with Crippen molar-refractivity contribution < 1.29 is 14.8 Å². The smallest absolute Gasteiger partial charge is 0.271 e. The van der Waals surface area contributed by atoms with E-state index >= 15 is 0 Å². The second-order valence-electron chi connectivity index (χ2n) is 4.01. The van der Waals surface area contributed by atoms with Gasteiger partial charge < -0.3 is 9.84 Å². The van der Waals surface area contributed by atoms with E-state index in [1.807, 2.05) is 0 Å². The number of hydrogen-bond acceptors (Lipinski definition) is 4. The number of benzene rings is 2. The van der Waals surface area contributed by atoms with Gasteiger partial charge in [-0.15, -0.1) is 0 Å². The highest BCUT2D eigenvalue weighted by atomic mass is 79.9. The van der Waals surface area contributed by atoms with Crippen LogP contribution in [0, 0.1) is 10.1 Å². The molecule has 0 saturated carbocycles. The van der Waals surface area contributed by atoms with Gasteiger partial charge in [0.1, 0.15) is 5.75 Å². The number of aliphatic hydroxyl groups is 1. The Morgan fingerprint density at radius 3 is 2.38 bits per heavy atom. The van der Waals surface area contributed by atoms with E-state index in [0.29, 0.717) is 31.0 Å². The number of nitro benzene ring substituents is 1. The molecule has 0 unspecified atom stereocenters. The van der Waals surface area contributed by atoms with Crippen molar-refractivity contribution in [3.05, 3.63) is 60.0 Å². The minimum absolute atomic E-state index is 0.0698. The number of non-ortho nitro benzene ring substituents is 1. The Balaban J connectivity index is 2.43. The molecule has 0 spiro atoms. The van der Waals surface area contributed by atoms with Gasteiger partial charge >= 0.3 is 0 Å². The van der Waals surface area contributed by atoms with Crippen LogP contribution in [0.4, 0.5) is 5.69 Å². The summed E-state index contributed by atoms with van der Waals surface area (Å²) in [5.74, 6) is 0.787. The fourth-order valence-corrected chi connectivity index (χ4v) is 3.15. The molecular formula is C13H8Br2ClNO4. The van der Waals surface area contributed by atoms with Crippen molar-refractivity contribution in [3.8, 4) is 11.5 Å². The van der Waals surface area contributed by atoms with E-state index in [4.69, 9.17) is 16.3 Å². The average Bonchev–Trinajstić information content (AvgIpc) is 2.43. The molecule has 0 aliphatic heterocycles. The van der Waals surface area contributed by atoms with Crippen LogP contribution in [-0.2, 0) is 6.61 Å². The number of nitrogens with zero attached hydrogens (tertiary/aromatic N) is 1. The van der Waals surface area contributed by atoms with Crippen LogP contribution >= 0.6 is 43.5 Å². The summed E-state index contributed by atoms with van der Waals surface area (Å²) in [5, 5.41) is 20.6. The number of nitro groups is 1. The van der Waals surface area contributed by atoms with Crippen molar-refractivity contribution in [1.29, 1.82) is 0 Å². The fourth-order valence-electron chi connectivity index (χ4n) is 1.63. The first-order valence-electron chi connectivity index (χ1n) is 5.63. The third-order valence-electron chi connectivity index (χ3n) is 2.60.